The Morgan fingerprint density at radius 3 is 2.76 bits per heavy atom. The maximum Gasteiger partial charge on any atom is 0.0645 e. The fraction of sp³-hybridized carbons (Fsp3) is 0.308. The van der Waals surface area contributed by atoms with Gasteiger partial charge in [0.15, 0.2) is 0 Å². The maximum atomic E-state index is 5.55. The molecule has 1 atom stereocenters. The number of hydrogen-bond acceptors (Lipinski definition) is 3. The highest BCUT2D eigenvalue weighted by molar-refractivity contribution is 5.31. The Kier molecular flexibility index (Phi) is 3.90. The molecule has 1 heterocycles. The lowest BCUT2D eigenvalue weighted by Gasteiger charge is -2.12. The molecule has 0 radical (unpaired) electrons. The third kappa shape index (κ3) is 2.72. The highest BCUT2D eigenvalue weighted by Crippen LogP contribution is 2.18. The standard InChI is InChI=1S/C13H18N4/c1-2-6-13(16-14)11-9-15-17(10-11)12-7-4-3-5-8-12/h3-5,7-10,13,16H,2,6,14H2,1H3. The van der Waals surface area contributed by atoms with Gasteiger partial charge in [0.25, 0.3) is 0 Å². The Morgan fingerprint density at radius 1 is 1.35 bits per heavy atom. The summed E-state index contributed by atoms with van der Waals surface area (Å²) in [5.74, 6) is 5.55. The molecule has 17 heavy (non-hydrogen) atoms. The Hall–Kier alpha value is -1.65. The minimum Gasteiger partial charge on any atom is -0.271 e. The van der Waals surface area contributed by atoms with Crippen LogP contribution in [0.5, 0.6) is 0 Å². The molecule has 0 aliphatic heterocycles. The summed E-state index contributed by atoms with van der Waals surface area (Å²) in [6.07, 6.45) is 5.99. The Morgan fingerprint density at radius 2 is 2.12 bits per heavy atom. The van der Waals surface area contributed by atoms with E-state index < -0.39 is 0 Å². The number of nitrogens with zero attached hydrogens (tertiary/aromatic N) is 2. The molecule has 0 amide bonds. The smallest absolute Gasteiger partial charge is 0.0645 e. The van der Waals surface area contributed by atoms with Crippen molar-refractivity contribution in [2.75, 3.05) is 0 Å². The van der Waals surface area contributed by atoms with Crippen molar-refractivity contribution >= 4 is 0 Å². The SMILES string of the molecule is CCCC(NN)c1cnn(-c2ccccc2)c1. The summed E-state index contributed by atoms with van der Waals surface area (Å²) in [4.78, 5) is 0. The zero-order valence-electron chi connectivity index (χ0n) is 10.0. The molecule has 0 saturated heterocycles. The quantitative estimate of drug-likeness (QED) is 0.611. The average Bonchev–Trinajstić information content (AvgIpc) is 2.86. The molecule has 0 saturated carbocycles. The lowest BCUT2D eigenvalue weighted by molar-refractivity contribution is 0.510. The van der Waals surface area contributed by atoms with Crippen molar-refractivity contribution in [1.82, 2.24) is 15.2 Å². The first-order valence-electron chi connectivity index (χ1n) is 5.91. The third-order valence-corrected chi connectivity index (χ3v) is 2.80. The molecule has 1 aromatic carbocycles. The Bertz CT molecular complexity index is 449. The van der Waals surface area contributed by atoms with Gasteiger partial charge in [0, 0.05) is 17.8 Å². The van der Waals surface area contributed by atoms with Crippen LogP contribution in [0.2, 0.25) is 0 Å². The van der Waals surface area contributed by atoms with Gasteiger partial charge in [0.05, 0.1) is 11.9 Å². The van der Waals surface area contributed by atoms with E-state index in [2.05, 4.69) is 17.4 Å². The second-order valence-electron chi connectivity index (χ2n) is 4.06. The van der Waals surface area contributed by atoms with E-state index in [0.717, 1.165) is 24.1 Å². The zero-order valence-corrected chi connectivity index (χ0v) is 10.0. The normalized spacial score (nSPS) is 12.6. The van der Waals surface area contributed by atoms with E-state index in [1.165, 1.54) is 0 Å². The van der Waals surface area contributed by atoms with Crippen molar-refractivity contribution in [1.29, 1.82) is 0 Å². The van der Waals surface area contributed by atoms with Crippen LogP contribution in [0.25, 0.3) is 5.69 Å². The van der Waals surface area contributed by atoms with E-state index in [-0.39, 0.29) is 6.04 Å². The predicted molar refractivity (Wildman–Crippen MR) is 68.5 cm³/mol. The van der Waals surface area contributed by atoms with Crippen LogP contribution in [-0.4, -0.2) is 9.78 Å². The molecule has 0 spiro atoms. The number of aromatic nitrogens is 2. The van der Waals surface area contributed by atoms with Crippen molar-refractivity contribution < 1.29 is 0 Å². The van der Waals surface area contributed by atoms with Gasteiger partial charge in [0.2, 0.25) is 0 Å². The molecular weight excluding hydrogens is 212 g/mol. The monoisotopic (exact) mass is 230 g/mol. The molecule has 2 rings (SSSR count). The van der Waals surface area contributed by atoms with Gasteiger partial charge in [-0.15, -0.1) is 0 Å². The van der Waals surface area contributed by atoms with Crippen LogP contribution >= 0.6 is 0 Å². The summed E-state index contributed by atoms with van der Waals surface area (Å²) in [5.41, 5.74) is 5.02. The minimum atomic E-state index is 0.178. The molecule has 0 aliphatic rings. The van der Waals surface area contributed by atoms with Gasteiger partial charge in [-0.25, -0.2) is 4.68 Å². The summed E-state index contributed by atoms with van der Waals surface area (Å²) >= 11 is 0. The summed E-state index contributed by atoms with van der Waals surface area (Å²) < 4.78 is 1.87. The van der Waals surface area contributed by atoms with Crippen LogP contribution in [0.4, 0.5) is 0 Å². The van der Waals surface area contributed by atoms with Gasteiger partial charge in [0.1, 0.15) is 0 Å². The lowest BCUT2D eigenvalue weighted by Crippen LogP contribution is -2.27. The topological polar surface area (TPSA) is 55.9 Å². The van der Waals surface area contributed by atoms with E-state index >= 15 is 0 Å². The number of para-hydroxylation sites is 1. The van der Waals surface area contributed by atoms with Gasteiger partial charge >= 0.3 is 0 Å². The van der Waals surface area contributed by atoms with E-state index in [4.69, 9.17) is 5.84 Å². The van der Waals surface area contributed by atoms with Crippen molar-refractivity contribution in [2.24, 2.45) is 5.84 Å². The maximum absolute atomic E-state index is 5.55. The number of hydrazine groups is 1. The average molecular weight is 230 g/mol. The van der Waals surface area contributed by atoms with Gasteiger partial charge in [-0.2, -0.15) is 5.10 Å². The molecule has 90 valence electrons. The summed E-state index contributed by atoms with van der Waals surface area (Å²) in [6.45, 7) is 2.14. The molecule has 2 aromatic rings. The fourth-order valence-electron chi connectivity index (χ4n) is 1.87. The zero-order chi connectivity index (χ0) is 12.1. The van der Waals surface area contributed by atoms with Crippen LogP contribution in [-0.2, 0) is 0 Å². The second-order valence-corrected chi connectivity index (χ2v) is 4.06. The molecule has 1 unspecified atom stereocenters. The number of hydrogen-bond donors (Lipinski definition) is 2. The lowest BCUT2D eigenvalue weighted by atomic mass is 10.1. The van der Waals surface area contributed by atoms with Crippen LogP contribution in [0, 0.1) is 0 Å². The van der Waals surface area contributed by atoms with Crippen molar-refractivity contribution in [3.05, 3.63) is 48.3 Å². The molecule has 0 aliphatic carbocycles. The Labute approximate surface area is 101 Å². The second kappa shape index (κ2) is 5.61. The van der Waals surface area contributed by atoms with E-state index in [9.17, 15) is 0 Å². The van der Waals surface area contributed by atoms with Crippen molar-refractivity contribution in [2.45, 2.75) is 25.8 Å². The van der Waals surface area contributed by atoms with Gasteiger partial charge in [-0.3, -0.25) is 11.3 Å². The first-order valence-corrected chi connectivity index (χ1v) is 5.91. The highest BCUT2D eigenvalue weighted by Gasteiger charge is 2.11. The molecule has 4 nitrogen and oxygen atoms in total. The van der Waals surface area contributed by atoms with Crippen LogP contribution in [0.15, 0.2) is 42.7 Å². The van der Waals surface area contributed by atoms with Gasteiger partial charge < -0.3 is 0 Å². The summed E-state index contributed by atoms with van der Waals surface area (Å²) in [6, 6.07) is 10.2. The largest absolute Gasteiger partial charge is 0.271 e. The molecule has 0 bridgehead atoms. The third-order valence-electron chi connectivity index (χ3n) is 2.80. The van der Waals surface area contributed by atoms with Crippen molar-refractivity contribution in [3.8, 4) is 5.69 Å². The minimum absolute atomic E-state index is 0.178. The fourth-order valence-corrected chi connectivity index (χ4v) is 1.87. The van der Waals surface area contributed by atoms with Crippen molar-refractivity contribution in [3.63, 3.8) is 0 Å². The highest BCUT2D eigenvalue weighted by atomic mass is 15.3. The molecule has 0 fully saturated rings. The first-order chi connectivity index (χ1) is 8.35. The Balaban J connectivity index is 2.21. The van der Waals surface area contributed by atoms with Crippen LogP contribution in [0.1, 0.15) is 31.4 Å². The molecule has 1 aromatic heterocycles. The molecule has 4 heteroatoms. The van der Waals surface area contributed by atoms with Crippen LogP contribution in [0.3, 0.4) is 0 Å². The summed E-state index contributed by atoms with van der Waals surface area (Å²) in [5, 5.41) is 4.36. The van der Waals surface area contributed by atoms with E-state index in [1.807, 2.05) is 47.4 Å². The number of benzene rings is 1. The van der Waals surface area contributed by atoms with Gasteiger partial charge in [-0.05, 0) is 18.6 Å². The summed E-state index contributed by atoms with van der Waals surface area (Å²) in [7, 11) is 0. The number of nitrogens with one attached hydrogen (secondary N) is 1. The first kappa shape index (κ1) is 11.8. The number of rotatable bonds is 5. The predicted octanol–water partition coefficient (Wildman–Crippen LogP) is 2.18. The number of nitrogens with two attached hydrogens (primary N) is 1. The van der Waals surface area contributed by atoms with Gasteiger partial charge in [-0.1, -0.05) is 31.5 Å². The van der Waals surface area contributed by atoms with E-state index in [0.29, 0.717) is 0 Å². The molecule has 3 N–H and O–H groups in total. The van der Waals surface area contributed by atoms with E-state index in [1.54, 1.807) is 0 Å². The van der Waals surface area contributed by atoms with Crippen LogP contribution < -0.4 is 11.3 Å². The molecular formula is C13H18N4.